The van der Waals surface area contributed by atoms with E-state index in [1.54, 1.807) is 36.4 Å². The minimum Gasteiger partial charge on any atom is -0.497 e. The topological polar surface area (TPSA) is 96.0 Å². The Balaban J connectivity index is 2.01. The number of amides is 2. The fraction of sp³-hybridized carbons (Fsp3) is 0.375. The Morgan fingerprint density at radius 3 is 2.10 bits per heavy atom. The van der Waals surface area contributed by atoms with Gasteiger partial charge < -0.3 is 15.0 Å². The normalized spacial score (nSPS) is 12.7. The van der Waals surface area contributed by atoms with E-state index in [2.05, 4.69) is 5.32 Å². The highest BCUT2D eigenvalue weighted by atomic mass is 32.2. The van der Waals surface area contributed by atoms with Gasteiger partial charge in [0.2, 0.25) is 11.8 Å². The fourth-order valence-corrected chi connectivity index (χ4v) is 5.87. The lowest BCUT2D eigenvalue weighted by atomic mass is 10.1. The van der Waals surface area contributed by atoms with Gasteiger partial charge in [0.05, 0.1) is 17.7 Å². The van der Waals surface area contributed by atoms with Crippen molar-refractivity contribution in [3.63, 3.8) is 0 Å². The van der Waals surface area contributed by atoms with Crippen molar-refractivity contribution in [3.8, 4) is 5.75 Å². The molecule has 0 saturated heterocycles. The summed E-state index contributed by atoms with van der Waals surface area (Å²) in [6.07, 6.45) is 1.66. The van der Waals surface area contributed by atoms with E-state index < -0.39 is 28.5 Å². The van der Waals surface area contributed by atoms with Gasteiger partial charge in [-0.05, 0) is 75.1 Å². The minimum atomic E-state index is -4.12. The van der Waals surface area contributed by atoms with Crippen LogP contribution < -0.4 is 14.4 Å². The molecule has 0 aliphatic heterocycles. The molecule has 0 saturated carbocycles. The van der Waals surface area contributed by atoms with Gasteiger partial charge in [-0.25, -0.2) is 8.42 Å². The first-order valence-corrected chi connectivity index (χ1v) is 15.4. The predicted octanol–water partition coefficient (Wildman–Crippen LogP) is 4.96. The molecule has 0 unspecified atom stereocenters. The molecule has 8 nitrogen and oxygen atoms in total. The Hall–Kier alpha value is -3.85. The first-order chi connectivity index (χ1) is 19.6. The maximum absolute atomic E-state index is 14.1. The highest BCUT2D eigenvalue weighted by molar-refractivity contribution is 7.92. The van der Waals surface area contributed by atoms with Crippen LogP contribution >= 0.6 is 0 Å². The third kappa shape index (κ3) is 8.33. The van der Waals surface area contributed by atoms with E-state index in [-0.39, 0.29) is 23.4 Å². The molecule has 0 aliphatic rings. The van der Waals surface area contributed by atoms with Crippen molar-refractivity contribution in [2.24, 2.45) is 0 Å². The molecule has 0 aliphatic carbocycles. The number of methoxy groups -OCH3 is 1. The third-order valence-electron chi connectivity index (χ3n) is 7.12. The van der Waals surface area contributed by atoms with Crippen molar-refractivity contribution >= 4 is 27.5 Å². The van der Waals surface area contributed by atoms with Gasteiger partial charge in [-0.2, -0.15) is 0 Å². The summed E-state index contributed by atoms with van der Waals surface area (Å²) in [4.78, 5) is 29.0. The van der Waals surface area contributed by atoms with Crippen LogP contribution in [-0.4, -0.2) is 57.4 Å². The molecule has 0 radical (unpaired) electrons. The average molecular weight is 580 g/mol. The minimum absolute atomic E-state index is 0.0552. The van der Waals surface area contributed by atoms with Crippen LogP contribution in [0.2, 0.25) is 0 Å². The van der Waals surface area contributed by atoms with E-state index in [0.717, 1.165) is 21.9 Å². The molecule has 3 aromatic carbocycles. The summed E-state index contributed by atoms with van der Waals surface area (Å²) >= 11 is 0. The number of carbonyl (C=O) groups excluding carboxylic acids is 2. The maximum Gasteiger partial charge on any atom is 0.264 e. The van der Waals surface area contributed by atoms with Gasteiger partial charge in [0.1, 0.15) is 18.3 Å². The van der Waals surface area contributed by atoms with Crippen molar-refractivity contribution in [2.45, 2.75) is 63.9 Å². The van der Waals surface area contributed by atoms with Crippen LogP contribution in [0.25, 0.3) is 0 Å². The average Bonchev–Trinajstić information content (AvgIpc) is 2.98. The summed E-state index contributed by atoms with van der Waals surface area (Å²) in [7, 11) is -2.59. The van der Waals surface area contributed by atoms with E-state index in [9.17, 15) is 18.0 Å². The van der Waals surface area contributed by atoms with E-state index in [1.807, 2.05) is 58.0 Å². The highest BCUT2D eigenvalue weighted by Gasteiger charge is 2.33. The molecule has 3 rings (SSSR count). The second-order valence-electron chi connectivity index (χ2n) is 10.1. The molecular formula is C32H41N3O5S. The van der Waals surface area contributed by atoms with Crippen LogP contribution in [0, 0.1) is 6.92 Å². The number of hydrogen-bond donors (Lipinski definition) is 1. The molecule has 2 amide bonds. The summed E-state index contributed by atoms with van der Waals surface area (Å²) in [5, 5.41) is 2.99. The second kappa shape index (κ2) is 14.7. The van der Waals surface area contributed by atoms with E-state index >= 15 is 0 Å². The van der Waals surface area contributed by atoms with Gasteiger partial charge in [-0.15, -0.1) is 0 Å². The van der Waals surface area contributed by atoms with Crippen LogP contribution in [0.15, 0.2) is 83.8 Å². The lowest BCUT2D eigenvalue weighted by molar-refractivity contribution is -0.139. The first kappa shape index (κ1) is 31.7. The van der Waals surface area contributed by atoms with Crippen molar-refractivity contribution in [2.75, 3.05) is 24.5 Å². The van der Waals surface area contributed by atoms with Gasteiger partial charge in [-0.1, -0.05) is 61.9 Å². The number of nitrogens with one attached hydrogen (secondary N) is 1. The molecule has 0 spiro atoms. The van der Waals surface area contributed by atoms with Crippen LogP contribution in [-0.2, 0) is 26.0 Å². The zero-order valence-electron chi connectivity index (χ0n) is 24.5. The smallest absolute Gasteiger partial charge is 0.264 e. The molecule has 0 heterocycles. The fourth-order valence-electron chi connectivity index (χ4n) is 4.45. The number of rotatable bonds is 14. The number of hydrogen-bond acceptors (Lipinski definition) is 5. The largest absolute Gasteiger partial charge is 0.497 e. The van der Waals surface area contributed by atoms with Crippen molar-refractivity contribution < 1.29 is 22.7 Å². The lowest BCUT2D eigenvalue weighted by Gasteiger charge is -2.33. The van der Waals surface area contributed by atoms with E-state index in [4.69, 9.17) is 4.74 Å². The molecule has 2 atom stereocenters. The Bertz CT molecular complexity index is 1380. The molecule has 1 N–H and O–H groups in total. The lowest BCUT2D eigenvalue weighted by Crippen LogP contribution is -2.54. The second-order valence-corrected chi connectivity index (χ2v) is 11.9. The van der Waals surface area contributed by atoms with E-state index in [1.165, 1.54) is 24.1 Å². The van der Waals surface area contributed by atoms with Crippen LogP contribution in [0.5, 0.6) is 5.75 Å². The SMILES string of the molecule is CC[C@@H](C)NC(=O)[C@H](CC)N(CCc1ccccc1)C(=O)CN(c1ccc(OC)cc1)S(=O)(=O)c1ccc(C)cc1. The van der Waals surface area contributed by atoms with Gasteiger partial charge in [-0.3, -0.25) is 13.9 Å². The van der Waals surface area contributed by atoms with Gasteiger partial charge in [0.15, 0.2) is 0 Å². The summed E-state index contributed by atoms with van der Waals surface area (Å²) < 4.78 is 34.2. The zero-order chi connectivity index (χ0) is 30.0. The number of anilines is 1. The first-order valence-electron chi connectivity index (χ1n) is 14.0. The Morgan fingerprint density at radius 1 is 0.902 bits per heavy atom. The number of carbonyl (C=O) groups is 2. The zero-order valence-corrected chi connectivity index (χ0v) is 25.4. The van der Waals surface area contributed by atoms with Crippen LogP contribution in [0.4, 0.5) is 5.69 Å². The number of nitrogens with zero attached hydrogens (tertiary/aromatic N) is 2. The number of ether oxygens (including phenoxy) is 1. The predicted molar refractivity (Wildman–Crippen MR) is 163 cm³/mol. The van der Waals surface area contributed by atoms with Crippen molar-refractivity contribution in [3.05, 3.63) is 90.0 Å². The van der Waals surface area contributed by atoms with Crippen LogP contribution in [0.3, 0.4) is 0 Å². The number of aryl methyl sites for hydroxylation is 1. The molecule has 3 aromatic rings. The standard InChI is InChI=1S/C32H41N3O5S/c1-6-25(4)33-32(37)30(7-2)34(22-21-26-11-9-8-10-12-26)31(36)23-35(27-15-17-28(40-5)18-16-27)41(38,39)29-19-13-24(3)14-20-29/h8-20,25,30H,6-7,21-23H2,1-5H3,(H,33,37)/t25-,30+/m1/s1. The monoisotopic (exact) mass is 579 g/mol. The molecule has 0 bridgehead atoms. The summed E-state index contributed by atoms with van der Waals surface area (Å²) in [6, 6.07) is 21.9. The molecule has 9 heteroatoms. The molecule has 41 heavy (non-hydrogen) atoms. The molecule has 0 fully saturated rings. The Morgan fingerprint density at radius 2 is 1.54 bits per heavy atom. The molecule has 0 aromatic heterocycles. The Kier molecular flexibility index (Phi) is 11.3. The third-order valence-corrected chi connectivity index (χ3v) is 8.91. The molecular weight excluding hydrogens is 538 g/mol. The number of benzene rings is 3. The van der Waals surface area contributed by atoms with E-state index in [0.29, 0.717) is 24.3 Å². The highest BCUT2D eigenvalue weighted by Crippen LogP contribution is 2.26. The summed E-state index contributed by atoms with van der Waals surface area (Å²) in [5.41, 5.74) is 2.25. The van der Waals surface area contributed by atoms with Gasteiger partial charge in [0.25, 0.3) is 10.0 Å². The van der Waals surface area contributed by atoms with Crippen LogP contribution in [0.1, 0.15) is 44.7 Å². The van der Waals surface area contributed by atoms with Gasteiger partial charge in [0, 0.05) is 12.6 Å². The summed E-state index contributed by atoms with van der Waals surface area (Å²) in [5.74, 6) is -0.149. The van der Waals surface area contributed by atoms with Crippen molar-refractivity contribution in [1.82, 2.24) is 10.2 Å². The van der Waals surface area contributed by atoms with Crippen molar-refractivity contribution in [1.29, 1.82) is 0 Å². The molecule has 220 valence electrons. The number of sulfonamides is 1. The van der Waals surface area contributed by atoms with Gasteiger partial charge >= 0.3 is 0 Å². The maximum atomic E-state index is 14.1. The quantitative estimate of drug-likeness (QED) is 0.291. The Labute approximate surface area is 244 Å². The summed E-state index contributed by atoms with van der Waals surface area (Å²) in [6.45, 7) is 7.42.